The van der Waals surface area contributed by atoms with Crippen LogP contribution in [0.4, 0.5) is 4.39 Å². The lowest BCUT2D eigenvalue weighted by Gasteiger charge is -2.11. The molecule has 0 aliphatic heterocycles. The highest BCUT2D eigenvalue weighted by Crippen LogP contribution is 2.17. The van der Waals surface area contributed by atoms with Gasteiger partial charge in [0.15, 0.2) is 5.69 Å². The largest absolute Gasteiger partial charge is 0.396 e. The summed E-state index contributed by atoms with van der Waals surface area (Å²) in [4.78, 5) is 12.1. The molecule has 2 N–H and O–H groups in total. The average molecular weight is 316 g/mol. The number of rotatable bonds is 5. The summed E-state index contributed by atoms with van der Waals surface area (Å²) in [5.74, 6) is -0.542. The van der Waals surface area contributed by atoms with Crippen LogP contribution in [-0.4, -0.2) is 38.7 Å². The van der Waals surface area contributed by atoms with Gasteiger partial charge in [0.05, 0.1) is 12.7 Å². The summed E-state index contributed by atoms with van der Waals surface area (Å²) in [5.41, 5.74) is 0.952. The van der Waals surface area contributed by atoms with Crippen LogP contribution in [0, 0.1) is 11.7 Å². The molecular weight excluding hydrogens is 299 g/mol. The molecule has 0 radical (unpaired) electrons. The van der Waals surface area contributed by atoms with Crippen LogP contribution in [0.1, 0.15) is 22.5 Å². The van der Waals surface area contributed by atoms with E-state index in [-0.39, 0.29) is 36.0 Å². The molecule has 1 aromatic heterocycles. The van der Waals surface area contributed by atoms with Crippen molar-refractivity contribution in [2.45, 2.75) is 19.0 Å². The minimum atomic E-state index is -0.316. The number of amides is 1. The van der Waals surface area contributed by atoms with Crippen molar-refractivity contribution < 1.29 is 14.3 Å². The third kappa shape index (κ3) is 3.81. The fraction of sp³-hybridized carbons (Fsp3) is 0.312. The number of nitrogens with one attached hydrogen (secondary N) is 1. The maximum Gasteiger partial charge on any atom is 0.273 e. The SMILES string of the molecule is O=C(N[C@@H]1C=C[C@H](CO)C1)c1cn(Cc2cccc(F)c2)nn1. The van der Waals surface area contributed by atoms with Crippen molar-refractivity contribution in [1.29, 1.82) is 0 Å². The molecule has 1 heterocycles. The quantitative estimate of drug-likeness (QED) is 0.811. The third-order valence-corrected chi connectivity index (χ3v) is 3.73. The summed E-state index contributed by atoms with van der Waals surface area (Å²) < 4.78 is 14.6. The number of aliphatic hydroxyl groups is 1. The molecule has 6 nitrogen and oxygen atoms in total. The molecule has 0 fully saturated rings. The molecule has 0 unspecified atom stereocenters. The van der Waals surface area contributed by atoms with Crippen molar-refractivity contribution in [3.8, 4) is 0 Å². The first-order valence-corrected chi connectivity index (χ1v) is 7.38. The normalized spacial score (nSPS) is 19.9. The molecule has 23 heavy (non-hydrogen) atoms. The smallest absolute Gasteiger partial charge is 0.273 e. The minimum Gasteiger partial charge on any atom is -0.396 e. The molecule has 0 spiro atoms. The van der Waals surface area contributed by atoms with Crippen molar-refractivity contribution in [2.75, 3.05) is 6.61 Å². The maximum atomic E-state index is 13.2. The van der Waals surface area contributed by atoms with Crippen LogP contribution in [0.15, 0.2) is 42.6 Å². The first kappa shape index (κ1) is 15.4. The highest BCUT2D eigenvalue weighted by molar-refractivity contribution is 5.92. The molecule has 1 aliphatic rings. The number of nitrogens with zero attached hydrogens (tertiary/aromatic N) is 3. The van der Waals surface area contributed by atoms with Gasteiger partial charge in [-0.3, -0.25) is 4.79 Å². The Morgan fingerprint density at radius 2 is 2.30 bits per heavy atom. The van der Waals surface area contributed by atoms with E-state index in [0.717, 1.165) is 5.56 Å². The summed E-state index contributed by atoms with van der Waals surface area (Å²) in [5, 5.41) is 19.7. The van der Waals surface area contributed by atoms with Crippen LogP contribution in [0.5, 0.6) is 0 Å². The number of benzene rings is 1. The Bertz CT molecular complexity index is 728. The zero-order chi connectivity index (χ0) is 16.2. The van der Waals surface area contributed by atoms with Crippen LogP contribution in [-0.2, 0) is 6.54 Å². The summed E-state index contributed by atoms with van der Waals surface area (Å²) in [6, 6.07) is 6.09. The number of hydrogen-bond donors (Lipinski definition) is 2. The molecule has 3 rings (SSSR count). The molecule has 1 aromatic carbocycles. The molecule has 0 bridgehead atoms. The zero-order valence-corrected chi connectivity index (χ0v) is 12.4. The number of aromatic nitrogens is 3. The first-order chi connectivity index (χ1) is 11.1. The van der Waals surface area contributed by atoms with Crippen LogP contribution in [0.25, 0.3) is 0 Å². The third-order valence-electron chi connectivity index (χ3n) is 3.73. The zero-order valence-electron chi connectivity index (χ0n) is 12.4. The van der Waals surface area contributed by atoms with E-state index in [1.54, 1.807) is 12.1 Å². The highest BCUT2D eigenvalue weighted by Gasteiger charge is 2.21. The van der Waals surface area contributed by atoms with E-state index in [9.17, 15) is 9.18 Å². The molecule has 0 saturated heterocycles. The molecule has 1 aliphatic carbocycles. The summed E-state index contributed by atoms with van der Waals surface area (Å²) in [6.07, 6.45) is 5.98. The van der Waals surface area contributed by atoms with Crippen molar-refractivity contribution >= 4 is 5.91 Å². The van der Waals surface area contributed by atoms with Gasteiger partial charge < -0.3 is 10.4 Å². The van der Waals surface area contributed by atoms with Crippen molar-refractivity contribution in [3.63, 3.8) is 0 Å². The van der Waals surface area contributed by atoms with Gasteiger partial charge >= 0.3 is 0 Å². The first-order valence-electron chi connectivity index (χ1n) is 7.38. The predicted molar refractivity (Wildman–Crippen MR) is 81.1 cm³/mol. The Kier molecular flexibility index (Phi) is 4.47. The number of hydrogen-bond acceptors (Lipinski definition) is 4. The fourth-order valence-electron chi connectivity index (χ4n) is 2.56. The average Bonchev–Trinajstić information content (AvgIpc) is 3.16. The Morgan fingerprint density at radius 3 is 3.04 bits per heavy atom. The van der Waals surface area contributed by atoms with Gasteiger partial charge in [0, 0.05) is 18.6 Å². The molecule has 7 heteroatoms. The van der Waals surface area contributed by atoms with Crippen molar-refractivity contribution in [2.24, 2.45) is 5.92 Å². The van der Waals surface area contributed by atoms with Crippen LogP contribution in [0.3, 0.4) is 0 Å². The molecule has 120 valence electrons. The van der Waals surface area contributed by atoms with Gasteiger partial charge in [-0.25, -0.2) is 9.07 Å². The van der Waals surface area contributed by atoms with Gasteiger partial charge in [0.1, 0.15) is 5.82 Å². The summed E-state index contributed by atoms with van der Waals surface area (Å²) in [6.45, 7) is 0.417. The fourth-order valence-corrected chi connectivity index (χ4v) is 2.56. The van der Waals surface area contributed by atoms with E-state index in [4.69, 9.17) is 5.11 Å². The van der Waals surface area contributed by atoms with E-state index < -0.39 is 0 Å². The number of carbonyl (C=O) groups excluding carboxylic acids is 1. The summed E-state index contributed by atoms with van der Waals surface area (Å²) >= 11 is 0. The van der Waals surface area contributed by atoms with Crippen molar-refractivity contribution in [1.82, 2.24) is 20.3 Å². The topological polar surface area (TPSA) is 80.0 Å². The summed E-state index contributed by atoms with van der Waals surface area (Å²) in [7, 11) is 0. The molecule has 1 amide bonds. The predicted octanol–water partition coefficient (Wildman–Crippen LogP) is 1.13. The van der Waals surface area contributed by atoms with Gasteiger partial charge in [-0.05, 0) is 24.1 Å². The Labute approximate surface area is 132 Å². The Hall–Kier alpha value is -2.54. The van der Waals surface area contributed by atoms with E-state index in [1.165, 1.54) is 23.0 Å². The minimum absolute atomic E-state index is 0.0761. The second kappa shape index (κ2) is 6.70. The monoisotopic (exact) mass is 316 g/mol. The number of carbonyl (C=O) groups is 1. The Balaban J connectivity index is 1.60. The van der Waals surface area contributed by atoms with Gasteiger partial charge in [0.2, 0.25) is 0 Å². The standard InChI is InChI=1S/C16H17FN4O2/c17-13-3-1-2-11(6-13)8-21-9-15(19-20-21)16(23)18-14-5-4-12(7-14)10-22/h1-6,9,12,14,22H,7-8,10H2,(H,18,23)/t12-,14+/m0/s1. The highest BCUT2D eigenvalue weighted by atomic mass is 19.1. The molecule has 2 atom stereocenters. The van der Waals surface area contributed by atoms with E-state index in [2.05, 4.69) is 15.6 Å². The van der Waals surface area contributed by atoms with Gasteiger partial charge in [-0.1, -0.05) is 29.5 Å². The van der Waals surface area contributed by atoms with E-state index in [0.29, 0.717) is 13.0 Å². The van der Waals surface area contributed by atoms with E-state index in [1.807, 2.05) is 12.2 Å². The molecular formula is C16H17FN4O2. The number of aliphatic hydroxyl groups excluding tert-OH is 1. The Morgan fingerprint density at radius 1 is 1.43 bits per heavy atom. The molecule has 2 aromatic rings. The maximum absolute atomic E-state index is 13.2. The van der Waals surface area contributed by atoms with Gasteiger partial charge in [-0.2, -0.15) is 0 Å². The second-order valence-corrected chi connectivity index (χ2v) is 5.57. The lowest BCUT2D eigenvalue weighted by molar-refractivity contribution is 0.0936. The van der Waals surface area contributed by atoms with E-state index >= 15 is 0 Å². The van der Waals surface area contributed by atoms with Crippen LogP contribution >= 0.6 is 0 Å². The lowest BCUT2D eigenvalue weighted by atomic mass is 10.1. The van der Waals surface area contributed by atoms with Gasteiger partial charge in [-0.15, -0.1) is 5.10 Å². The van der Waals surface area contributed by atoms with Crippen LogP contribution in [0.2, 0.25) is 0 Å². The second-order valence-electron chi connectivity index (χ2n) is 5.57. The van der Waals surface area contributed by atoms with Crippen molar-refractivity contribution in [3.05, 3.63) is 59.7 Å². The number of halogens is 1. The lowest BCUT2D eigenvalue weighted by Crippen LogP contribution is -2.33. The van der Waals surface area contributed by atoms with Gasteiger partial charge in [0.25, 0.3) is 5.91 Å². The van der Waals surface area contributed by atoms with Crippen LogP contribution < -0.4 is 5.32 Å². The molecule has 0 saturated carbocycles.